The lowest BCUT2D eigenvalue weighted by molar-refractivity contribution is -0.857. The number of Topliss-reactive ketones (excluding diaryl/α,β-unsaturated/α-hetero) is 1. The molecule has 38 heavy (non-hydrogen) atoms. The number of hydrogen-bond donors (Lipinski definition) is 2. The number of rotatable bonds is 14. The quantitative estimate of drug-likeness (QED) is 0.233. The molecule has 0 unspecified atom stereocenters. The molecule has 11 heteroatoms. The summed E-state index contributed by atoms with van der Waals surface area (Å²) in [5, 5.41) is 20.7. The normalized spacial score (nSPS) is 11.5. The van der Waals surface area contributed by atoms with Gasteiger partial charge in [-0.15, -0.1) is 10.2 Å². The summed E-state index contributed by atoms with van der Waals surface area (Å²) in [4.78, 5) is 38.2. The molecule has 206 valence electrons. The van der Waals surface area contributed by atoms with Crippen LogP contribution in [0.15, 0.2) is 34.7 Å². The summed E-state index contributed by atoms with van der Waals surface area (Å²) in [6, 6.07) is 9.06. The largest absolute Gasteiger partial charge is 0.554 e. The summed E-state index contributed by atoms with van der Waals surface area (Å²) in [6.45, 7) is 2.12. The Hall–Kier alpha value is -3.86. The Labute approximate surface area is 222 Å². The highest BCUT2D eigenvalue weighted by atomic mass is 16.5. The highest BCUT2D eigenvalue weighted by Crippen LogP contribution is 2.30. The fourth-order valence-electron chi connectivity index (χ4n) is 3.81. The second kappa shape index (κ2) is 16.1. The number of unbranched alkanes of at least 4 members (excludes halogenated alkanes) is 2. The van der Waals surface area contributed by atoms with Crippen molar-refractivity contribution in [2.75, 3.05) is 27.7 Å². The smallest absolute Gasteiger partial charge is 0.266 e. The number of aromatic nitrogens is 3. The minimum Gasteiger partial charge on any atom is -0.554 e. The molecular weight excluding hydrogens is 490 g/mol. The number of para-hydroxylation sites is 1. The van der Waals surface area contributed by atoms with Crippen molar-refractivity contribution in [3.8, 4) is 17.3 Å². The standard InChI is InChI=1S/C26H35N5O4.CH2O2/c1-5-18(32)11-7-6-8-14-21(28-24(33)15-16-31(2)3)25-29-30-26(35-25)22-17-23(34-4)19-12-9-10-13-20(19)27-22;2-1-3/h9-10,12-13,17,21H,5-8,11,14-16H2,1-4H3,(H,28,33);1H,(H,2,3)/t21-;/m0./s1. The minimum atomic E-state index is -0.500. The van der Waals surface area contributed by atoms with Crippen LogP contribution in [-0.4, -0.2) is 61.1 Å². The van der Waals surface area contributed by atoms with Crippen molar-refractivity contribution < 1.29 is 33.5 Å². The molecule has 0 radical (unpaired) electrons. The van der Waals surface area contributed by atoms with Crippen LogP contribution in [0.25, 0.3) is 22.5 Å². The van der Waals surface area contributed by atoms with E-state index in [-0.39, 0.29) is 17.6 Å². The average Bonchev–Trinajstić information content (AvgIpc) is 3.41. The highest BCUT2D eigenvalue weighted by molar-refractivity contribution is 5.87. The summed E-state index contributed by atoms with van der Waals surface area (Å²) in [5.74, 6) is 1.52. The second-order valence-corrected chi connectivity index (χ2v) is 9.09. The molecule has 1 amide bonds. The number of carbonyl (C=O) groups excluding carboxylic acids is 3. The maximum atomic E-state index is 12.6. The number of carboxylic acid groups (broad SMARTS) is 1. The van der Waals surface area contributed by atoms with Crippen LogP contribution in [0.2, 0.25) is 0 Å². The Kier molecular flexibility index (Phi) is 12.8. The predicted molar refractivity (Wildman–Crippen MR) is 139 cm³/mol. The van der Waals surface area contributed by atoms with E-state index in [0.29, 0.717) is 43.0 Å². The van der Waals surface area contributed by atoms with Gasteiger partial charge < -0.3 is 29.3 Å². The van der Waals surface area contributed by atoms with E-state index >= 15 is 0 Å². The molecule has 0 aliphatic rings. The third-order valence-corrected chi connectivity index (χ3v) is 5.89. The molecule has 0 spiro atoms. The fourth-order valence-corrected chi connectivity index (χ4v) is 3.81. The first-order valence-corrected chi connectivity index (χ1v) is 12.8. The van der Waals surface area contributed by atoms with Gasteiger partial charge in [-0.3, -0.25) is 9.59 Å². The number of pyridine rings is 1. The lowest BCUT2D eigenvalue weighted by Gasteiger charge is -2.16. The van der Waals surface area contributed by atoms with E-state index in [4.69, 9.17) is 19.1 Å². The van der Waals surface area contributed by atoms with Gasteiger partial charge in [0.25, 0.3) is 5.89 Å². The third kappa shape index (κ3) is 9.55. The summed E-state index contributed by atoms with van der Waals surface area (Å²) in [5.41, 5.74) is 1.28. The van der Waals surface area contributed by atoms with Crippen LogP contribution in [0.1, 0.15) is 63.8 Å². The Balaban J connectivity index is 0.00000161. The van der Waals surface area contributed by atoms with E-state index in [9.17, 15) is 9.59 Å². The van der Waals surface area contributed by atoms with Crippen molar-refractivity contribution in [2.45, 2.75) is 57.9 Å². The number of quaternary nitrogens is 1. The van der Waals surface area contributed by atoms with Gasteiger partial charge in [-0.2, -0.15) is 0 Å². The molecule has 0 saturated heterocycles. The molecule has 3 rings (SSSR count). The number of nitrogens with zero attached hydrogens (tertiary/aromatic N) is 3. The SMILES string of the molecule is CCC(=O)CCCCC[C@H](NC(=O)CC[NH+](C)C)c1nnc(-c2cc(OC)c3ccccc3n2)o1.O=C[O-]. The fraction of sp³-hybridized carbons (Fsp3) is 0.481. The molecule has 1 aromatic carbocycles. The van der Waals surface area contributed by atoms with Gasteiger partial charge in [0.05, 0.1) is 39.7 Å². The first-order chi connectivity index (χ1) is 18.3. The lowest BCUT2D eigenvalue weighted by atomic mass is 10.0. The summed E-state index contributed by atoms with van der Waals surface area (Å²) < 4.78 is 11.5. The molecule has 0 saturated carbocycles. The lowest BCUT2D eigenvalue weighted by Crippen LogP contribution is -3.05. The van der Waals surface area contributed by atoms with Gasteiger partial charge in [-0.1, -0.05) is 31.9 Å². The number of fused-ring (bicyclic) bond motifs is 1. The summed E-state index contributed by atoms with van der Waals surface area (Å²) in [6.07, 6.45) is 4.80. The van der Waals surface area contributed by atoms with Crippen LogP contribution in [0.3, 0.4) is 0 Å². The van der Waals surface area contributed by atoms with Crippen LogP contribution in [-0.2, 0) is 14.4 Å². The van der Waals surface area contributed by atoms with Crippen molar-refractivity contribution in [3.63, 3.8) is 0 Å². The van der Waals surface area contributed by atoms with Gasteiger partial charge in [0.2, 0.25) is 11.8 Å². The van der Waals surface area contributed by atoms with Crippen molar-refractivity contribution in [3.05, 3.63) is 36.2 Å². The molecule has 0 aliphatic carbocycles. The van der Waals surface area contributed by atoms with E-state index in [1.807, 2.05) is 45.3 Å². The second-order valence-electron chi connectivity index (χ2n) is 9.09. The van der Waals surface area contributed by atoms with Crippen molar-refractivity contribution in [1.82, 2.24) is 20.5 Å². The maximum absolute atomic E-state index is 12.6. The number of amides is 1. The Morgan fingerprint density at radius 3 is 2.58 bits per heavy atom. The number of ether oxygens (including phenoxy) is 1. The first-order valence-electron chi connectivity index (χ1n) is 12.8. The topological polar surface area (TPSA) is 152 Å². The summed E-state index contributed by atoms with van der Waals surface area (Å²) >= 11 is 0. The van der Waals surface area contributed by atoms with Gasteiger partial charge in [-0.25, -0.2) is 4.98 Å². The number of nitrogens with one attached hydrogen (secondary N) is 2. The molecule has 1 atom stereocenters. The average molecular weight is 528 g/mol. The number of hydrogen-bond acceptors (Lipinski definition) is 9. The molecule has 2 N–H and O–H groups in total. The molecular formula is C27H37N5O6. The van der Waals surface area contributed by atoms with Crippen LogP contribution >= 0.6 is 0 Å². The van der Waals surface area contributed by atoms with E-state index in [0.717, 1.165) is 36.7 Å². The zero-order valence-electron chi connectivity index (χ0n) is 22.5. The van der Waals surface area contributed by atoms with Crippen LogP contribution in [0.5, 0.6) is 5.75 Å². The van der Waals surface area contributed by atoms with Gasteiger partial charge in [-0.05, 0) is 25.0 Å². The van der Waals surface area contributed by atoms with Crippen LogP contribution < -0.4 is 20.1 Å². The van der Waals surface area contributed by atoms with Gasteiger partial charge >= 0.3 is 0 Å². The molecule has 3 aromatic rings. The molecule has 0 fully saturated rings. The van der Waals surface area contributed by atoms with Crippen molar-refractivity contribution >= 4 is 29.1 Å². The Bertz CT molecular complexity index is 1180. The van der Waals surface area contributed by atoms with E-state index in [1.165, 1.54) is 4.90 Å². The molecule has 2 heterocycles. The van der Waals surface area contributed by atoms with E-state index in [1.54, 1.807) is 13.2 Å². The van der Waals surface area contributed by atoms with Gasteiger partial charge in [0, 0.05) is 30.8 Å². The van der Waals surface area contributed by atoms with Crippen LogP contribution in [0.4, 0.5) is 0 Å². The predicted octanol–water partition coefficient (Wildman–Crippen LogP) is 1.28. The number of benzene rings is 1. The number of methoxy groups -OCH3 is 1. The molecule has 0 bridgehead atoms. The summed E-state index contributed by atoms with van der Waals surface area (Å²) in [7, 11) is 5.63. The van der Waals surface area contributed by atoms with Crippen molar-refractivity contribution in [1.29, 1.82) is 0 Å². The minimum absolute atomic E-state index is 0.0531. The Morgan fingerprint density at radius 2 is 1.89 bits per heavy atom. The molecule has 2 aromatic heterocycles. The molecule has 0 aliphatic heterocycles. The third-order valence-electron chi connectivity index (χ3n) is 5.89. The van der Waals surface area contributed by atoms with Gasteiger partial charge in [0.15, 0.2) is 0 Å². The van der Waals surface area contributed by atoms with Crippen LogP contribution in [0, 0.1) is 0 Å². The van der Waals surface area contributed by atoms with E-state index < -0.39 is 12.5 Å². The zero-order valence-corrected chi connectivity index (χ0v) is 22.5. The van der Waals surface area contributed by atoms with Gasteiger partial charge in [0.1, 0.15) is 23.3 Å². The highest BCUT2D eigenvalue weighted by Gasteiger charge is 2.23. The van der Waals surface area contributed by atoms with E-state index in [2.05, 4.69) is 20.5 Å². The number of carbonyl (C=O) groups is 3. The monoisotopic (exact) mass is 527 g/mol. The van der Waals surface area contributed by atoms with Crippen molar-refractivity contribution in [2.24, 2.45) is 0 Å². The Morgan fingerprint density at radius 1 is 1.16 bits per heavy atom. The zero-order chi connectivity index (χ0) is 27.9. The first kappa shape index (κ1) is 30.4. The molecule has 11 nitrogen and oxygen atoms in total. The maximum Gasteiger partial charge on any atom is 0.266 e. The number of ketones is 1.